The van der Waals surface area contributed by atoms with Gasteiger partial charge in [-0.1, -0.05) is 12.7 Å². The van der Waals surface area contributed by atoms with Gasteiger partial charge in [-0.3, -0.25) is 0 Å². The van der Waals surface area contributed by atoms with Gasteiger partial charge in [-0.05, 0) is 12.1 Å². The van der Waals surface area contributed by atoms with Gasteiger partial charge in [-0.15, -0.1) is 0 Å². The van der Waals surface area contributed by atoms with Crippen molar-refractivity contribution >= 4 is 5.97 Å². The van der Waals surface area contributed by atoms with Crippen LogP contribution in [0.3, 0.4) is 0 Å². The van der Waals surface area contributed by atoms with Gasteiger partial charge in [0.2, 0.25) is 0 Å². The lowest BCUT2D eigenvalue weighted by Crippen LogP contribution is -2.04. The number of aromatic amines is 1. The van der Waals surface area contributed by atoms with Crippen LogP contribution in [-0.2, 0) is 4.74 Å². The van der Waals surface area contributed by atoms with Crippen LogP contribution in [0.4, 0.5) is 0 Å². The zero-order valence-electron chi connectivity index (χ0n) is 6.04. The van der Waals surface area contributed by atoms with E-state index < -0.39 is 0 Å². The minimum atomic E-state index is -0.352. The molecule has 3 nitrogen and oxygen atoms in total. The third-order valence-corrected chi connectivity index (χ3v) is 1.15. The Hall–Kier alpha value is -1.51. The Morgan fingerprint density at radius 3 is 3.18 bits per heavy atom. The van der Waals surface area contributed by atoms with E-state index in [2.05, 4.69) is 11.6 Å². The molecule has 0 aliphatic heterocycles. The highest BCUT2D eigenvalue weighted by Crippen LogP contribution is 1.96. The van der Waals surface area contributed by atoms with E-state index in [9.17, 15) is 4.79 Å². The van der Waals surface area contributed by atoms with Crippen molar-refractivity contribution in [1.29, 1.82) is 0 Å². The molecule has 1 aromatic heterocycles. The van der Waals surface area contributed by atoms with E-state index in [1.807, 2.05) is 0 Å². The quantitative estimate of drug-likeness (QED) is 0.523. The Labute approximate surface area is 64.7 Å². The Morgan fingerprint density at radius 2 is 2.64 bits per heavy atom. The summed E-state index contributed by atoms with van der Waals surface area (Å²) in [6.45, 7) is 3.67. The number of rotatable bonds is 3. The normalized spacial score (nSPS) is 9.09. The summed E-state index contributed by atoms with van der Waals surface area (Å²) in [5.74, 6) is -0.352. The third-order valence-electron chi connectivity index (χ3n) is 1.15. The molecule has 0 fully saturated rings. The molecule has 3 heteroatoms. The Kier molecular flexibility index (Phi) is 2.49. The van der Waals surface area contributed by atoms with Crippen LogP contribution >= 0.6 is 0 Å². The second-order valence-corrected chi connectivity index (χ2v) is 1.97. The van der Waals surface area contributed by atoms with Gasteiger partial charge in [0.25, 0.3) is 0 Å². The average molecular weight is 151 g/mol. The summed E-state index contributed by atoms with van der Waals surface area (Å²) in [7, 11) is 0. The standard InChI is InChI=1S/C8H9NO2/c1-2-6-11-8(10)7-4-3-5-9-7/h2-5,9H,1,6H2. The lowest BCUT2D eigenvalue weighted by Gasteiger charge is -1.97. The summed E-state index contributed by atoms with van der Waals surface area (Å²) < 4.78 is 4.75. The molecule has 0 aliphatic carbocycles. The molecule has 0 radical (unpaired) electrons. The molecule has 0 aliphatic rings. The van der Waals surface area contributed by atoms with Crippen molar-refractivity contribution in [2.45, 2.75) is 0 Å². The molecule has 11 heavy (non-hydrogen) atoms. The van der Waals surface area contributed by atoms with Gasteiger partial charge in [0.1, 0.15) is 12.3 Å². The third kappa shape index (κ3) is 1.97. The van der Waals surface area contributed by atoms with E-state index in [-0.39, 0.29) is 12.6 Å². The van der Waals surface area contributed by atoms with Crippen LogP contribution in [0.15, 0.2) is 31.0 Å². The highest BCUT2D eigenvalue weighted by molar-refractivity contribution is 5.87. The topological polar surface area (TPSA) is 42.1 Å². The summed E-state index contributed by atoms with van der Waals surface area (Å²) >= 11 is 0. The van der Waals surface area contributed by atoms with Gasteiger partial charge in [0.15, 0.2) is 0 Å². The van der Waals surface area contributed by atoms with Crippen LogP contribution in [0.2, 0.25) is 0 Å². The number of hydrogen-bond acceptors (Lipinski definition) is 2. The second kappa shape index (κ2) is 3.61. The zero-order chi connectivity index (χ0) is 8.10. The van der Waals surface area contributed by atoms with Gasteiger partial charge in [-0.2, -0.15) is 0 Å². The molecule has 1 aromatic rings. The summed E-state index contributed by atoms with van der Waals surface area (Å²) in [6, 6.07) is 3.40. The fourth-order valence-corrected chi connectivity index (χ4v) is 0.670. The number of carbonyl (C=O) groups excluding carboxylic acids is 1. The van der Waals surface area contributed by atoms with Crippen LogP contribution in [0.1, 0.15) is 10.5 Å². The molecule has 1 heterocycles. The number of carbonyl (C=O) groups is 1. The molecule has 0 amide bonds. The molecule has 1 N–H and O–H groups in total. The first-order valence-corrected chi connectivity index (χ1v) is 3.26. The van der Waals surface area contributed by atoms with Crippen molar-refractivity contribution in [3.8, 4) is 0 Å². The first kappa shape index (κ1) is 7.60. The molecule has 0 aromatic carbocycles. The number of esters is 1. The van der Waals surface area contributed by atoms with Gasteiger partial charge < -0.3 is 9.72 Å². The Balaban J connectivity index is 2.49. The molecule has 0 spiro atoms. The maximum atomic E-state index is 11.0. The number of nitrogens with one attached hydrogen (secondary N) is 1. The van der Waals surface area contributed by atoms with E-state index in [1.54, 1.807) is 18.3 Å². The van der Waals surface area contributed by atoms with E-state index in [0.29, 0.717) is 5.69 Å². The monoisotopic (exact) mass is 151 g/mol. The lowest BCUT2D eigenvalue weighted by molar-refractivity contribution is 0.0544. The van der Waals surface area contributed by atoms with Gasteiger partial charge in [0.05, 0.1) is 0 Å². The molecular formula is C8H9NO2. The van der Waals surface area contributed by atoms with Gasteiger partial charge in [-0.25, -0.2) is 4.79 Å². The largest absolute Gasteiger partial charge is 0.457 e. The van der Waals surface area contributed by atoms with Crippen molar-refractivity contribution in [3.05, 3.63) is 36.7 Å². The number of hydrogen-bond donors (Lipinski definition) is 1. The molecule has 58 valence electrons. The second-order valence-electron chi connectivity index (χ2n) is 1.97. The smallest absolute Gasteiger partial charge is 0.355 e. The SMILES string of the molecule is C=CCOC(=O)c1ccc[nH]1. The molecule has 1 rings (SSSR count). The Bertz CT molecular complexity index is 239. The van der Waals surface area contributed by atoms with Crippen molar-refractivity contribution in [3.63, 3.8) is 0 Å². The van der Waals surface area contributed by atoms with E-state index in [1.165, 1.54) is 6.08 Å². The fourth-order valence-electron chi connectivity index (χ4n) is 0.670. The van der Waals surface area contributed by atoms with E-state index in [0.717, 1.165) is 0 Å². The fraction of sp³-hybridized carbons (Fsp3) is 0.125. The molecule has 0 atom stereocenters. The molecule has 0 saturated heterocycles. The van der Waals surface area contributed by atoms with Gasteiger partial charge >= 0.3 is 5.97 Å². The van der Waals surface area contributed by atoms with Crippen molar-refractivity contribution < 1.29 is 9.53 Å². The van der Waals surface area contributed by atoms with E-state index in [4.69, 9.17) is 4.74 Å². The summed E-state index contributed by atoms with van der Waals surface area (Å²) in [5.41, 5.74) is 0.465. The molecular weight excluding hydrogens is 142 g/mol. The summed E-state index contributed by atoms with van der Waals surface area (Å²) in [6.07, 6.45) is 3.20. The van der Waals surface area contributed by atoms with E-state index >= 15 is 0 Å². The zero-order valence-corrected chi connectivity index (χ0v) is 6.04. The first-order chi connectivity index (χ1) is 5.34. The predicted octanol–water partition coefficient (Wildman–Crippen LogP) is 1.36. The van der Waals surface area contributed by atoms with Crippen molar-refractivity contribution in [1.82, 2.24) is 4.98 Å². The van der Waals surface area contributed by atoms with Crippen LogP contribution in [0, 0.1) is 0 Å². The molecule has 0 bridgehead atoms. The number of H-pyrrole nitrogens is 1. The highest BCUT2D eigenvalue weighted by Gasteiger charge is 2.04. The predicted molar refractivity (Wildman–Crippen MR) is 41.3 cm³/mol. The Morgan fingerprint density at radius 1 is 1.82 bits per heavy atom. The molecule has 0 saturated carbocycles. The summed E-state index contributed by atoms with van der Waals surface area (Å²) in [4.78, 5) is 13.7. The van der Waals surface area contributed by atoms with Crippen LogP contribution in [0.5, 0.6) is 0 Å². The highest BCUT2D eigenvalue weighted by atomic mass is 16.5. The first-order valence-electron chi connectivity index (χ1n) is 3.26. The summed E-state index contributed by atoms with van der Waals surface area (Å²) in [5, 5.41) is 0. The molecule has 0 unspecified atom stereocenters. The number of ether oxygens (including phenoxy) is 1. The van der Waals surface area contributed by atoms with Crippen molar-refractivity contribution in [2.75, 3.05) is 6.61 Å². The van der Waals surface area contributed by atoms with Crippen LogP contribution in [-0.4, -0.2) is 17.6 Å². The lowest BCUT2D eigenvalue weighted by atomic mass is 10.4. The van der Waals surface area contributed by atoms with Crippen LogP contribution < -0.4 is 0 Å². The average Bonchev–Trinajstić information content (AvgIpc) is 2.52. The van der Waals surface area contributed by atoms with Crippen molar-refractivity contribution in [2.24, 2.45) is 0 Å². The minimum absolute atomic E-state index is 0.248. The maximum Gasteiger partial charge on any atom is 0.355 e. The number of aromatic nitrogens is 1. The van der Waals surface area contributed by atoms with Gasteiger partial charge in [0, 0.05) is 6.20 Å². The minimum Gasteiger partial charge on any atom is -0.457 e. The maximum absolute atomic E-state index is 11.0. The van der Waals surface area contributed by atoms with Crippen LogP contribution in [0.25, 0.3) is 0 Å².